The van der Waals surface area contributed by atoms with Crippen molar-refractivity contribution in [1.29, 1.82) is 0 Å². The molecule has 2 fully saturated rings. The van der Waals surface area contributed by atoms with Crippen LogP contribution in [-0.2, 0) is 29.4 Å². The van der Waals surface area contributed by atoms with E-state index in [0.717, 1.165) is 17.0 Å². The van der Waals surface area contributed by atoms with E-state index in [9.17, 15) is 18.8 Å². The van der Waals surface area contributed by atoms with Gasteiger partial charge in [-0.05, 0) is 45.1 Å². The molecule has 8 nitrogen and oxygen atoms in total. The molecule has 1 aromatic rings. The van der Waals surface area contributed by atoms with Crippen molar-refractivity contribution < 1.29 is 33.0 Å². The molecule has 2 heterocycles. The van der Waals surface area contributed by atoms with Crippen LogP contribution in [0, 0.1) is 5.82 Å². The van der Waals surface area contributed by atoms with Crippen molar-refractivity contribution in [1.82, 2.24) is 10.2 Å². The van der Waals surface area contributed by atoms with Crippen LogP contribution in [0.1, 0.15) is 26.3 Å². The Balaban J connectivity index is 2.10. The van der Waals surface area contributed by atoms with E-state index in [-0.39, 0.29) is 23.9 Å². The number of carbonyl (C=O) groups is 3. The molecule has 28 heavy (non-hydrogen) atoms. The minimum Gasteiger partial charge on any atom is -0.457 e. The Morgan fingerprint density at radius 3 is 2.50 bits per heavy atom. The normalized spacial score (nSPS) is 24.4. The summed E-state index contributed by atoms with van der Waals surface area (Å²) in [5.41, 5.74) is -2.78. The van der Waals surface area contributed by atoms with E-state index in [4.69, 9.17) is 26.4 Å². The summed E-state index contributed by atoms with van der Waals surface area (Å²) in [6.07, 6.45) is -0.832. The van der Waals surface area contributed by atoms with E-state index in [2.05, 4.69) is 5.32 Å². The van der Waals surface area contributed by atoms with E-state index in [1.54, 1.807) is 20.8 Å². The number of hydrogen-bond acceptors (Lipinski definition) is 7. The lowest BCUT2D eigenvalue weighted by atomic mass is 9.85. The summed E-state index contributed by atoms with van der Waals surface area (Å²) in [4.78, 5) is 39.0. The Morgan fingerprint density at radius 2 is 1.96 bits per heavy atom. The van der Waals surface area contributed by atoms with Gasteiger partial charge < -0.3 is 19.5 Å². The maximum absolute atomic E-state index is 13.5. The first-order chi connectivity index (χ1) is 13.0. The maximum Gasteiger partial charge on any atom is 0.416 e. The van der Waals surface area contributed by atoms with Crippen LogP contribution in [0.3, 0.4) is 0 Å². The zero-order chi connectivity index (χ0) is 20.7. The quantitative estimate of drug-likeness (QED) is 0.594. The number of cyclic esters (lactones) is 1. The topological polar surface area (TPSA) is 94.2 Å². The Bertz CT molecular complexity index is 837. The second kappa shape index (κ2) is 7.01. The monoisotopic (exact) mass is 410 g/mol. The first-order valence-electron chi connectivity index (χ1n) is 8.52. The molecule has 0 radical (unpaired) electrons. The Hall–Kier alpha value is -2.75. The van der Waals surface area contributed by atoms with Gasteiger partial charge in [-0.15, -0.1) is 0 Å². The van der Waals surface area contributed by atoms with Crippen molar-refractivity contribution in [3.8, 4) is 0 Å². The van der Waals surface area contributed by atoms with Gasteiger partial charge in [0.25, 0.3) is 16.7 Å². The number of thiocarbonyl (C=S) groups is 1. The first-order valence-corrected chi connectivity index (χ1v) is 8.92. The largest absolute Gasteiger partial charge is 0.457 e. The molecule has 0 bridgehead atoms. The van der Waals surface area contributed by atoms with E-state index < -0.39 is 41.0 Å². The molecule has 0 aliphatic carbocycles. The molecule has 10 heteroatoms. The standard InChI is InChI=1S/C18H19FN2O6S/c1-17(2,3)26-14(23)18(10-4-6-11(19)7-5-10)12(20-15(28)27-18)13(22)21-8-9-25-16(21)24/h4-7,12H,8-9H2,1-3H3,(H,20,28)/t12-,18+/m0/s1. The third kappa shape index (κ3) is 3.51. The lowest BCUT2D eigenvalue weighted by Crippen LogP contribution is -2.58. The van der Waals surface area contributed by atoms with Gasteiger partial charge in [-0.25, -0.2) is 18.9 Å². The number of benzene rings is 1. The van der Waals surface area contributed by atoms with E-state index in [0.29, 0.717) is 0 Å². The van der Waals surface area contributed by atoms with Gasteiger partial charge in [-0.1, -0.05) is 12.1 Å². The fourth-order valence-electron chi connectivity index (χ4n) is 2.99. The molecule has 2 saturated heterocycles. The Labute approximate surface area is 165 Å². The van der Waals surface area contributed by atoms with Crippen LogP contribution in [0.15, 0.2) is 24.3 Å². The molecular weight excluding hydrogens is 391 g/mol. The summed E-state index contributed by atoms with van der Waals surface area (Å²) in [5.74, 6) is -2.20. The number of ether oxygens (including phenoxy) is 3. The smallest absolute Gasteiger partial charge is 0.416 e. The van der Waals surface area contributed by atoms with Crippen LogP contribution in [0.4, 0.5) is 9.18 Å². The van der Waals surface area contributed by atoms with Crippen molar-refractivity contribution in [2.45, 2.75) is 38.0 Å². The summed E-state index contributed by atoms with van der Waals surface area (Å²) in [6.45, 7) is 5.02. The Kier molecular flexibility index (Phi) is 5.00. The third-order valence-corrected chi connectivity index (χ3v) is 4.37. The van der Waals surface area contributed by atoms with Crippen LogP contribution in [0.5, 0.6) is 0 Å². The van der Waals surface area contributed by atoms with E-state index in [1.807, 2.05) is 0 Å². The molecule has 2 amide bonds. The van der Waals surface area contributed by atoms with Crippen LogP contribution in [0.25, 0.3) is 0 Å². The van der Waals surface area contributed by atoms with Gasteiger partial charge in [0.05, 0.1) is 6.54 Å². The predicted molar refractivity (Wildman–Crippen MR) is 97.6 cm³/mol. The highest BCUT2D eigenvalue weighted by atomic mass is 32.1. The summed E-state index contributed by atoms with van der Waals surface area (Å²) in [6, 6.07) is 3.45. The lowest BCUT2D eigenvalue weighted by molar-refractivity contribution is -0.178. The lowest BCUT2D eigenvalue weighted by Gasteiger charge is -2.33. The minimum absolute atomic E-state index is 0.0242. The fourth-order valence-corrected chi connectivity index (χ4v) is 3.24. The molecule has 2 atom stereocenters. The number of nitrogens with zero attached hydrogens (tertiary/aromatic N) is 1. The zero-order valence-electron chi connectivity index (χ0n) is 15.5. The van der Waals surface area contributed by atoms with Crippen molar-refractivity contribution in [2.24, 2.45) is 0 Å². The van der Waals surface area contributed by atoms with Gasteiger partial charge in [-0.3, -0.25) is 4.79 Å². The van der Waals surface area contributed by atoms with Gasteiger partial charge >= 0.3 is 12.1 Å². The van der Waals surface area contributed by atoms with Gasteiger partial charge in [0, 0.05) is 5.56 Å². The van der Waals surface area contributed by atoms with Crippen LogP contribution >= 0.6 is 12.2 Å². The second-order valence-corrected chi connectivity index (χ2v) is 7.69. The average molecular weight is 410 g/mol. The van der Waals surface area contributed by atoms with Gasteiger partial charge in [-0.2, -0.15) is 0 Å². The van der Waals surface area contributed by atoms with E-state index in [1.165, 1.54) is 12.1 Å². The summed E-state index contributed by atoms with van der Waals surface area (Å²) in [5, 5.41) is 2.42. The predicted octanol–water partition coefficient (Wildman–Crippen LogP) is 1.61. The summed E-state index contributed by atoms with van der Waals surface area (Å²) < 4.78 is 29.4. The number of amides is 2. The van der Waals surface area contributed by atoms with Crippen molar-refractivity contribution in [3.05, 3.63) is 35.6 Å². The second-order valence-electron chi connectivity index (χ2n) is 7.32. The summed E-state index contributed by atoms with van der Waals surface area (Å²) in [7, 11) is 0. The number of halogens is 1. The number of imide groups is 1. The molecule has 150 valence electrons. The van der Waals surface area contributed by atoms with Crippen molar-refractivity contribution in [3.63, 3.8) is 0 Å². The average Bonchev–Trinajstić information content (AvgIpc) is 3.17. The van der Waals surface area contributed by atoms with Gasteiger partial charge in [0.1, 0.15) is 18.0 Å². The number of esters is 1. The first kappa shape index (κ1) is 20.0. The fraction of sp³-hybridized carbons (Fsp3) is 0.444. The maximum atomic E-state index is 13.5. The van der Waals surface area contributed by atoms with E-state index >= 15 is 0 Å². The molecule has 1 N–H and O–H groups in total. The third-order valence-electron chi connectivity index (χ3n) is 4.17. The molecule has 0 aromatic heterocycles. The molecule has 2 aliphatic heterocycles. The number of rotatable bonds is 3. The minimum atomic E-state index is -2.03. The number of nitrogens with one attached hydrogen (secondary N) is 1. The van der Waals surface area contributed by atoms with Gasteiger partial charge in [0.15, 0.2) is 6.04 Å². The van der Waals surface area contributed by atoms with Crippen molar-refractivity contribution in [2.75, 3.05) is 13.2 Å². The molecular formula is C18H19FN2O6S. The molecule has 0 spiro atoms. The van der Waals surface area contributed by atoms with Crippen molar-refractivity contribution >= 4 is 35.4 Å². The highest BCUT2D eigenvalue weighted by molar-refractivity contribution is 7.80. The van der Waals surface area contributed by atoms with Crippen LogP contribution in [0.2, 0.25) is 0 Å². The molecule has 0 unspecified atom stereocenters. The highest BCUT2D eigenvalue weighted by Crippen LogP contribution is 2.38. The number of carbonyl (C=O) groups excluding carboxylic acids is 3. The van der Waals surface area contributed by atoms with Crippen LogP contribution < -0.4 is 5.32 Å². The molecule has 3 rings (SSSR count). The highest BCUT2D eigenvalue weighted by Gasteiger charge is 2.62. The molecule has 0 saturated carbocycles. The SMILES string of the molecule is CC(C)(C)OC(=O)[C@]1(c2ccc(F)cc2)OC(=S)N[C@H]1C(=O)N1CCOC1=O. The molecule has 2 aliphatic rings. The zero-order valence-corrected chi connectivity index (χ0v) is 16.3. The molecule has 1 aromatic carbocycles. The number of hydrogen-bond donors (Lipinski definition) is 1. The Morgan fingerprint density at radius 1 is 1.32 bits per heavy atom. The van der Waals surface area contributed by atoms with Crippen LogP contribution in [-0.4, -0.2) is 52.8 Å². The summed E-state index contributed by atoms with van der Waals surface area (Å²) >= 11 is 5.05. The van der Waals surface area contributed by atoms with Gasteiger partial charge in [0.2, 0.25) is 0 Å².